The van der Waals surface area contributed by atoms with Crippen LogP contribution < -0.4 is 0 Å². The Kier molecular flexibility index (Phi) is 9.09. The first kappa shape index (κ1) is 27.6. The van der Waals surface area contributed by atoms with Crippen molar-refractivity contribution in [3.63, 3.8) is 0 Å². The smallest absolute Gasteiger partial charge is 0.410 e. The Labute approximate surface area is 218 Å². The van der Waals surface area contributed by atoms with Gasteiger partial charge in [-0.1, -0.05) is 32.0 Å². The quantitative estimate of drug-likeness (QED) is 0.387. The molecule has 1 aromatic heterocycles. The highest BCUT2D eigenvalue weighted by molar-refractivity contribution is 7.09. The zero-order valence-electron chi connectivity index (χ0n) is 22.2. The summed E-state index contributed by atoms with van der Waals surface area (Å²) in [5.74, 6) is -0.238. The van der Waals surface area contributed by atoms with Crippen molar-refractivity contribution < 1.29 is 14.3 Å². The number of thiazole rings is 1. The van der Waals surface area contributed by atoms with E-state index >= 15 is 0 Å². The van der Waals surface area contributed by atoms with Crippen LogP contribution >= 0.6 is 11.3 Å². The van der Waals surface area contributed by atoms with Gasteiger partial charge in [0, 0.05) is 44.2 Å². The third-order valence-electron chi connectivity index (χ3n) is 6.01. The number of benzene rings is 1. The minimum atomic E-state index is -0.490. The Balaban J connectivity index is 1.66. The monoisotopic (exact) mass is 511 g/mol. The van der Waals surface area contributed by atoms with Crippen LogP contribution in [0.15, 0.2) is 29.6 Å². The number of nitrogens with zero attached hydrogens (tertiary/aromatic N) is 5. The van der Waals surface area contributed by atoms with Gasteiger partial charge in [0.25, 0.3) is 0 Å². The molecule has 8 nitrogen and oxygen atoms in total. The van der Waals surface area contributed by atoms with Gasteiger partial charge in [-0.15, -0.1) is 11.3 Å². The molecule has 1 unspecified atom stereocenters. The second kappa shape index (κ2) is 11.8. The molecule has 194 valence electrons. The number of ether oxygens (including phenoxy) is 1. The minimum Gasteiger partial charge on any atom is -0.444 e. The van der Waals surface area contributed by atoms with Crippen LogP contribution in [0.1, 0.15) is 57.5 Å². The number of hydrogen-bond donors (Lipinski definition) is 0. The standard InChI is InChI=1S/C27H37N5O3S/c1-19(2)14-22(25(33)30(6)18-28)20-8-7-9-21(15-20)23-17-36-24(29-23)16-31-10-12-32(13-11-31)26(34)35-27(3,4)5/h7-9,15,17,19,22H,10-14,16H2,1-6H3. The minimum absolute atomic E-state index is 0.187. The zero-order valence-corrected chi connectivity index (χ0v) is 23.0. The van der Waals surface area contributed by atoms with Gasteiger partial charge in [0.1, 0.15) is 10.6 Å². The summed E-state index contributed by atoms with van der Waals surface area (Å²) in [5, 5.41) is 12.3. The maximum atomic E-state index is 12.9. The first-order chi connectivity index (χ1) is 17.0. The van der Waals surface area contributed by atoms with E-state index < -0.39 is 5.60 Å². The predicted octanol–water partition coefficient (Wildman–Crippen LogP) is 4.93. The molecule has 1 atom stereocenters. The maximum Gasteiger partial charge on any atom is 0.410 e. The molecule has 1 aromatic carbocycles. The lowest BCUT2D eigenvalue weighted by atomic mass is 9.88. The summed E-state index contributed by atoms with van der Waals surface area (Å²) in [6, 6.07) is 7.94. The summed E-state index contributed by atoms with van der Waals surface area (Å²) in [6.45, 7) is 13.3. The van der Waals surface area contributed by atoms with E-state index in [0.717, 1.165) is 46.4 Å². The number of carbonyl (C=O) groups is 2. The number of carbonyl (C=O) groups excluding carboxylic acids is 2. The highest BCUT2D eigenvalue weighted by atomic mass is 32.1. The molecule has 2 heterocycles. The van der Waals surface area contributed by atoms with Gasteiger partial charge in [-0.2, -0.15) is 5.26 Å². The molecule has 1 fully saturated rings. The molecular formula is C27H37N5O3S. The van der Waals surface area contributed by atoms with E-state index in [4.69, 9.17) is 9.72 Å². The number of likely N-dealkylation sites (N-methyl/N-ethyl adjacent to an activating group) is 1. The van der Waals surface area contributed by atoms with Gasteiger partial charge >= 0.3 is 6.09 Å². The lowest BCUT2D eigenvalue weighted by molar-refractivity contribution is -0.129. The zero-order chi connectivity index (χ0) is 26.5. The Hall–Kier alpha value is -2.96. The van der Waals surface area contributed by atoms with E-state index in [1.54, 1.807) is 16.2 Å². The van der Waals surface area contributed by atoms with Crippen LogP contribution in [0.4, 0.5) is 4.79 Å². The highest BCUT2D eigenvalue weighted by Gasteiger charge is 2.27. The number of nitriles is 1. The average molecular weight is 512 g/mol. The fourth-order valence-electron chi connectivity index (χ4n) is 4.17. The van der Waals surface area contributed by atoms with E-state index in [0.29, 0.717) is 25.4 Å². The normalized spacial score (nSPS) is 15.4. The molecule has 1 aliphatic heterocycles. The Bertz CT molecular complexity index is 1090. The van der Waals surface area contributed by atoms with Crippen molar-refractivity contribution in [2.75, 3.05) is 33.2 Å². The van der Waals surface area contributed by atoms with E-state index in [1.807, 2.05) is 56.6 Å². The van der Waals surface area contributed by atoms with Crippen molar-refractivity contribution in [3.8, 4) is 17.5 Å². The number of rotatable bonds is 7. The SMILES string of the molecule is CC(C)CC(C(=O)N(C)C#N)c1cccc(-c2csc(CN3CCN(C(=O)OC(C)(C)C)CC3)n2)c1. The van der Waals surface area contributed by atoms with Gasteiger partial charge in [-0.25, -0.2) is 9.78 Å². The van der Waals surface area contributed by atoms with Gasteiger partial charge < -0.3 is 9.64 Å². The molecule has 0 aliphatic carbocycles. The molecule has 36 heavy (non-hydrogen) atoms. The second-order valence-corrected chi connectivity index (χ2v) is 11.6. The largest absolute Gasteiger partial charge is 0.444 e. The third-order valence-corrected chi connectivity index (χ3v) is 6.84. The molecule has 0 spiro atoms. The molecule has 0 bridgehead atoms. The topological polar surface area (TPSA) is 89.8 Å². The Morgan fingerprint density at radius 2 is 1.92 bits per heavy atom. The number of amides is 2. The van der Waals surface area contributed by atoms with Crippen molar-refractivity contribution >= 4 is 23.3 Å². The molecule has 0 saturated carbocycles. The van der Waals surface area contributed by atoms with E-state index in [-0.39, 0.29) is 17.9 Å². The van der Waals surface area contributed by atoms with Gasteiger partial charge in [0.15, 0.2) is 6.19 Å². The number of hydrogen-bond acceptors (Lipinski definition) is 7. The van der Waals surface area contributed by atoms with E-state index in [9.17, 15) is 14.9 Å². The summed E-state index contributed by atoms with van der Waals surface area (Å²) in [6.07, 6.45) is 2.35. The molecule has 2 amide bonds. The van der Waals surface area contributed by atoms with Gasteiger partial charge in [0.2, 0.25) is 5.91 Å². The fraction of sp³-hybridized carbons (Fsp3) is 0.556. The molecular weight excluding hydrogens is 474 g/mol. The van der Waals surface area contributed by atoms with Crippen LogP contribution in [0.2, 0.25) is 0 Å². The summed E-state index contributed by atoms with van der Waals surface area (Å²) >= 11 is 1.62. The van der Waals surface area contributed by atoms with Crippen molar-refractivity contribution in [2.45, 2.75) is 59.1 Å². The average Bonchev–Trinajstić information content (AvgIpc) is 3.29. The van der Waals surface area contributed by atoms with Crippen LogP contribution in [0, 0.1) is 17.4 Å². The molecule has 2 aromatic rings. The van der Waals surface area contributed by atoms with Crippen molar-refractivity contribution in [2.24, 2.45) is 5.92 Å². The van der Waals surface area contributed by atoms with Crippen LogP contribution in [-0.4, -0.2) is 70.5 Å². The summed E-state index contributed by atoms with van der Waals surface area (Å²) in [7, 11) is 1.51. The molecule has 9 heteroatoms. The van der Waals surface area contributed by atoms with Crippen LogP contribution in [0.5, 0.6) is 0 Å². The van der Waals surface area contributed by atoms with E-state index in [1.165, 1.54) is 7.05 Å². The summed E-state index contributed by atoms with van der Waals surface area (Å²) < 4.78 is 5.48. The van der Waals surface area contributed by atoms with Gasteiger partial charge in [-0.05, 0) is 44.7 Å². The molecule has 0 N–H and O–H groups in total. The lowest BCUT2D eigenvalue weighted by Crippen LogP contribution is -2.49. The Morgan fingerprint density at radius 3 is 2.53 bits per heavy atom. The predicted molar refractivity (Wildman–Crippen MR) is 141 cm³/mol. The first-order valence-electron chi connectivity index (χ1n) is 12.4. The maximum absolute atomic E-state index is 12.9. The summed E-state index contributed by atoms with van der Waals surface area (Å²) in [5.41, 5.74) is 2.26. The van der Waals surface area contributed by atoms with E-state index in [2.05, 4.69) is 18.7 Å². The summed E-state index contributed by atoms with van der Waals surface area (Å²) in [4.78, 5) is 35.2. The molecule has 3 rings (SSSR count). The van der Waals surface area contributed by atoms with Crippen LogP contribution in [0.25, 0.3) is 11.3 Å². The lowest BCUT2D eigenvalue weighted by Gasteiger charge is -2.35. The molecule has 1 aliphatic rings. The van der Waals surface area contributed by atoms with Crippen LogP contribution in [-0.2, 0) is 16.1 Å². The number of piperazine rings is 1. The number of aromatic nitrogens is 1. The van der Waals surface area contributed by atoms with Crippen molar-refractivity contribution in [3.05, 3.63) is 40.2 Å². The van der Waals surface area contributed by atoms with Crippen molar-refractivity contribution in [1.29, 1.82) is 5.26 Å². The van der Waals surface area contributed by atoms with Crippen molar-refractivity contribution in [1.82, 2.24) is 19.7 Å². The second-order valence-electron chi connectivity index (χ2n) is 10.7. The third kappa shape index (κ3) is 7.52. The highest BCUT2D eigenvalue weighted by Crippen LogP contribution is 2.30. The van der Waals surface area contributed by atoms with Gasteiger partial charge in [-0.3, -0.25) is 14.6 Å². The molecule has 1 saturated heterocycles. The van der Waals surface area contributed by atoms with Crippen LogP contribution in [0.3, 0.4) is 0 Å². The first-order valence-corrected chi connectivity index (χ1v) is 13.3. The Morgan fingerprint density at radius 1 is 1.22 bits per heavy atom. The molecule has 0 radical (unpaired) electrons. The fourth-order valence-corrected chi connectivity index (χ4v) is 5.02. The van der Waals surface area contributed by atoms with Gasteiger partial charge in [0.05, 0.1) is 18.2 Å².